The summed E-state index contributed by atoms with van der Waals surface area (Å²) in [5.41, 5.74) is 1.20. The molecule has 112 valence electrons. The van der Waals surface area contributed by atoms with Gasteiger partial charge in [0.25, 0.3) is 10.0 Å². The van der Waals surface area contributed by atoms with Gasteiger partial charge in [-0.05, 0) is 18.2 Å². The van der Waals surface area contributed by atoms with E-state index in [0.717, 1.165) is 5.56 Å². The molecule has 0 amide bonds. The van der Waals surface area contributed by atoms with Crippen molar-refractivity contribution < 1.29 is 13.2 Å². The fourth-order valence-electron chi connectivity index (χ4n) is 1.89. The number of ether oxygens (including phenoxy) is 1. The van der Waals surface area contributed by atoms with Gasteiger partial charge in [-0.25, -0.2) is 18.1 Å². The Labute approximate surface area is 124 Å². The molecule has 1 heterocycles. The van der Waals surface area contributed by atoms with Gasteiger partial charge in [0.2, 0.25) is 0 Å². The van der Waals surface area contributed by atoms with Crippen molar-refractivity contribution in [3.63, 3.8) is 0 Å². The number of hydrogen-bond acceptors (Lipinski definition) is 5. The van der Waals surface area contributed by atoms with E-state index in [1.807, 2.05) is 12.1 Å². The molecule has 7 heteroatoms. The van der Waals surface area contributed by atoms with Gasteiger partial charge in [-0.2, -0.15) is 0 Å². The maximum Gasteiger partial charge on any atom is 0.260 e. The van der Waals surface area contributed by atoms with E-state index in [4.69, 9.17) is 4.74 Å². The minimum Gasteiger partial charge on any atom is -0.496 e. The summed E-state index contributed by atoms with van der Waals surface area (Å²) in [6.07, 6.45) is 1.44. The van der Waals surface area contributed by atoms with Gasteiger partial charge < -0.3 is 10.1 Å². The Morgan fingerprint density at radius 3 is 2.67 bits per heavy atom. The second-order valence-electron chi connectivity index (χ2n) is 4.24. The van der Waals surface area contributed by atoms with E-state index in [9.17, 15) is 8.42 Å². The van der Waals surface area contributed by atoms with Crippen molar-refractivity contribution in [1.29, 1.82) is 0 Å². The van der Waals surface area contributed by atoms with Crippen LogP contribution in [0.1, 0.15) is 5.56 Å². The summed E-state index contributed by atoms with van der Waals surface area (Å²) in [4.78, 5) is 3.93. The third kappa shape index (κ3) is 3.50. The van der Waals surface area contributed by atoms with Gasteiger partial charge in [0, 0.05) is 25.4 Å². The quantitative estimate of drug-likeness (QED) is 0.847. The first-order valence-electron chi connectivity index (χ1n) is 6.33. The van der Waals surface area contributed by atoms with Crippen LogP contribution in [0.4, 0.5) is 5.69 Å². The zero-order valence-corrected chi connectivity index (χ0v) is 12.6. The summed E-state index contributed by atoms with van der Waals surface area (Å²) in [6.45, 7) is 0.131. The van der Waals surface area contributed by atoms with Crippen molar-refractivity contribution in [3.05, 3.63) is 48.2 Å². The Balaban J connectivity index is 2.22. The van der Waals surface area contributed by atoms with E-state index in [2.05, 4.69) is 15.0 Å². The third-order valence-electron chi connectivity index (χ3n) is 2.94. The number of anilines is 1. The van der Waals surface area contributed by atoms with Crippen LogP contribution in [0.15, 0.2) is 47.6 Å². The molecule has 21 heavy (non-hydrogen) atoms. The number of aromatic nitrogens is 1. The molecule has 0 saturated heterocycles. The molecule has 0 unspecified atom stereocenters. The molecule has 0 saturated carbocycles. The number of nitrogens with zero attached hydrogens (tertiary/aromatic N) is 1. The van der Waals surface area contributed by atoms with Crippen molar-refractivity contribution in [3.8, 4) is 5.75 Å². The molecule has 0 aliphatic rings. The van der Waals surface area contributed by atoms with Gasteiger partial charge >= 0.3 is 0 Å². The van der Waals surface area contributed by atoms with E-state index in [0.29, 0.717) is 11.4 Å². The zero-order valence-electron chi connectivity index (χ0n) is 11.8. The van der Waals surface area contributed by atoms with Gasteiger partial charge in [0.15, 0.2) is 5.03 Å². The highest BCUT2D eigenvalue weighted by Gasteiger charge is 2.19. The van der Waals surface area contributed by atoms with Crippen LogP contribution in [-0.2, 0) is 16.6 Å². The lowest BCUT2D eigenvalue weighted by Crippen LogP contribution is -2.25. The van der Waals surface area contributed by atoms with Crippen molar-refractivity contribution in [2.75, 3.05) is 19.5 Å². The van der Waals surface area contributed by atoms with Crippen molar-refractivity contribution >= 4 is 15.7 Å². The molecule has 6 nitrogen and oxygen atoms in total. The van der Waals surface area contributed by atoms with E-state index in [1.165, 1.54) is 6.20 Å². The van der Waals surface area contributed by atoms with Crippen LogP contribution in [0.3, 0.4) is 0 Å². The molecule has 0 aliphatic heterocycles. The Bertz CT molecular complexity index is 717. The molecule has 1 aromatic heterocycles. The zero-order chi connectivity index (χ0) is 15.3. The molecule has 0 radical (unpaired) electrons. The molecule has 0 fully saturated rings. The molecular weight excluding hydrogens is 290 g/mol. The molecule has 2 rings (SSSR count). The number of pyridine rings is 1. The van der Waals surface area contributed by atoms with Crippen LogP contribution in [0.25, 0.3) is 0 Å². The summed E-state index contributed by atoms with van der Waals surface area (Å²) in [5, 5.41) is 2.79. The van der Waals surface area contributed by atoms with Crippen molar-refractivity contribution in [1.82, 2.24) is 9.71 Å². The lowest BCUT2D eigenvalue weighted by atomic mass is 10.2. The van der Waals surface area contributed by atoms with Crippen LogP contribution in [0.5, 0.6) is 5.75 Å². The monoisotopic (exact) mass is 307 g/mol. The summed E-state index contributed by atoms with van der Waals surface area (Å²) in [5.74, 6) is 0.634. The van der Waals surface area contributed by atoms with Gasteiger partial charge in [0.05, 0.1) is 12.8 Å². The second kappa shape index (κ2) is 6.55. The largest absolute Gasteiger partial charge is 0.496 e. The SMILES string of the molecule is CNc1cccnc1S(=O)(=O)NCc1ccccc1OC. The van der Waals surface area contributed by atoms with Gasteiger partial charge in [-0.1, -0.05) is 18.2 Å². The first-order chi connectivity index (χ1) is 10.1. The number of methoxy groups -OCH3 is 1. The smallest absolute Gasteiger partial charge is 0.260 e. The Kier molecular flexibility index (Phi) is 4.77. The minimum absolute atomic E-state index is 0.0256. The number of hydrogen-bond donors (Lipinski definition) is 2. The average molecular weight is 307 g/mol. The molecule has 2 aromatic rings. The highest BCUT2D eigenvalue weighted by Crippen LogP contribution is 2.20. The van der Waals surface area contributed by atoms with Gasteiger partial charge in [0.1, 0.15) is 5.75 Å². The molecule has 0 spiro atoms. The van der Waals surface area contributed by atoms with E-state index >= 15 is 0 Å². The Morgan fingerprint density at radius 1 is 1.19 bits per heavy atom. The normalized spacial score (nSPS) is 11.1. The lowest BCUT2D eigenvalue weighted by Gasteiger charge is -2.11. The molecule has 2 N–H and O–H groups in total. The van der Waals surface area contributed by atoms with Crippen LogP contribution in [0.2, 0.25) is 0 Å². The summed E-state index contributed by atoms with van der Waals surface area (Å²) < 4.78 is 32.4. The van der Waals surface area contributed by atoms with Crippen LogP contribution >= 0.6 is 0 Å². The highest BCUT2D eigenvalue weighted by molar-refractivity contribution is 7.89. The van der Waals surface area contributed by atoms with Gasteiger partial charge in [-0.3, -0.25) is 0 Å². The molecule has 0 atom stereocenters. The second-order valence-corrected chi connectivity index (χ2v) is 5.92. The standard InChI is InChI=1S/C14H17N3O3S/c1-15-12-7-5-9-16-14(12)21(18,19)17-10-11-6-3-4-8-13(11)20-2/h3-9,15,17H,10H2,1-2H3. The van der Waals surface area contributed by atoms with Crippen LogP contribution in [0, 0.1) is 0 Å². The first-order valence-corrected chi connectivity index (χ1v) is 7.81. The maximum absolute atomic E-state index is 12.3. The van der Waals surface area contributed by atoms with E-state index < -0.39 is 10.0 Å². The number of benzene rings is 1. The fraction of sp³-hybridized carbons (Fsp3) is 0.214. The topological polar surface area (TPSA) is 80.3 Å². The van der Waals surface area contributed by atoms with Crippen molar-refractivity contribution in [2.45, 2.75) is 11.6 Å². The number of para-hydroxylation sites is 1. The predicted octanol–water partition coefficient (Wildman–Crippen LogP) is 1.61. The summed E-state index contributed by atoms with van der Waals surface area (Å²) >= 11 is 0. The van der Waals surface area contributed by atoms with E-state index in [-0.39, 0.29) is 11.6 Å². The van der Waals surface area contributed by atoms with Crippen molar-refractivity contribution in [2.24, 2.45) is 0 Å². The average Bonchev–Trinajstić information content (AvgIpc) is 2.53. The first kappa shape index (κ1) is 15.3. The van der Waals surface area contributed by atoms with Crippen LogP contribution in [-0.4, -0.2) is 27.6 Å². The third-order valence-corrected chi connectivity index (χ3v) is 4.30. The van der Waals surface area contributed by atoms with Gasteiger partial charge in [-0.15, -0.1) is 0 Å². The predicted molar refractivity (Wildman–Crippen MR) is 80.8 cm³/mol. The summed E-state index contributed by atoms with van der Waals surface area (Å²) in [7, 11) is -0.509. The molecule has 0 aliphatic carbocycles. The molecular formula is C14H17N3O3S. The Hall–Kier alpha value is -2.12. The highest BCUT2D eigenvalue weighted by atomic mass is 32.2. The summed E-state index contributed by atoms with van der Waals surface area (Å²) in [6, 6.07) is 10.6. The number of sulfonamides is 1. The lowest BCUT2D eigenvalue weighted by molar-refractivity contribution is 0.409. The van der Waals surface area contributed by atoms with E-state index in [1.54, 1.807) is 38.4 Å². The number of nitrogens with one attached hydrogen (secondary N) is 2. The number of rotatable bonds is 6. The van der Waals surface area contributed by atoms with Crippen LogP contribution < -0.4 is 14.8 Å². The minimum atomic E-state index is -3.71. The molecule has 1 aromatic carbocycles. The maximum atomic E-state index is 12.3. The Morgan fingerprint density at radius 2 is 1.95 bits per heavy atom. The fourth-order valence-corrected chi connectivity index (χ4v) is 3.03. The molecule has 0 bridgehead atoms.